The largest absolute Gasteiger partial charge is 0.312 e. The van der Waals surface area contributed by atoms with Crippen molar-refractivity contribution in [1.82, 2.24) is 10.2 Å². The average molecular weight is 178 g/mol. The Morgan fingerprint density at radius 2 is 2.31 bits per heavy atom. The van der Waals surface area contributed by atoms with Gasteiger partial charge in [0.05, 0.1) is 6.54 Å². The third kappa shape index (κ3) is 1.87. The van der Waals surface area contributed by atoms with Gasteiger partial charge in [-0.25, -0.2) is 0 Å². The van der Waals surface area contributed by atoms with E-state index in [1.165, 1.54) is 38.8 Å². The highest BCUT2D eigenvalue weighted by molar-refractivity contribution is 4.97. The van der Waals surface area contributed by atoms with Gasteiger partial charge in [-0.2, -0.15) is 0 Å². The van der Waals surface area contributed by atoms with E-state index >= 15 is 0 Å². The molecule has 2 rings (SSSR count). The normalized spacial score (nSPS) is 35.0. The first-order valence-corrected chi connectivity index (χ1v) is 5.32. The smallest absolute Gasteiger partial charge is 0.0601 e. The summed E-state index contributed by atoms with van der Waals surface area (Å²) >= 11 is 0. The van der Waals surface area contributed by atoms with Gasteiger partial charge in [0.2, 0.25) is 0 Å². The molecule has 0 aromatic heterocycles. The minimum atomic E-state index is 0.718. The zero-order valence-corrected chi connectivity index (χ0v) is 8.13. The number of nitrogens with zero attached hydrogens (tertiary/aromatic N) is 1. The van der Waals surface area contributed by atoms with Gasteiger partial charge >= 0.3 is 0 Å². The Labute approximate surface area is 80.7 Å². The maximum absolute atomic E-state index is 5.38. The molecule has 0 aromatic carbocycles. The zero-order chi connectivity index (χ0) is 9.10. The van der Waals surface area contributed by atoms with Gasteiger partial charge in [0.1, 0.15) is 0 Å². The number of nitrogens with one attached hydrogen (secondary N) is 1. The van der Waals surface area contributed by atoms with Gasteiger partial charge in [0.15, 0.2) is 0 Å². The molecule has 0 bridgehead atoms. The van der Waals surface area contributed by atoms with E-state index in [9.17, 15) is 0 Å². The Bertz CT molecular complexity index is 207. The van der Waals surface area contributed by atoms with Crippen molar-refractivity contribution in [1.29, 1.82) is 0 Å². The van der Waals surface area contributed by atoms with Crippen LogP contribution in [0.1, 0.15) is 25.7 Å². The Hall–Kier alpha value is -0.520. The van der Waals surface area contributed by atoms with Crippen LogP contribution < -0.4 is 5.32 Å². The molecule has 0 spiro atoms. The van der Waals surface area contributed by atoms with Crippen LogP contribution in [0.25, 0.3) is 0 Å². The van der Waals surface area contributed by atoms with Crippen molar-refractivity contribution in [3.8, 4) is 12.3 Å². The molecule has 0 radical (unpaired) electrons. The van der Waals surface area contributed by atoms with Gasteiger partial charge in [0.25, 0.3) is 0 Å². The molecule has 2 aliphatic rings. The number of rotatable bonds is 1. The fraction of sp³-hybridized carbons (Fsp3) is 0.818. The van der Waals surface area contributed by atoms with Gasteiger partial charge in [-0.1, -0.05) is 12.3 Å². The van der Waals surface area contributed by atoms with Crippen LogP contribution in [0.5, 0.6) is 0 Å². The highest BCUT2D eigenvalue weighted by atomic mass is 15.2. The van der Waals surface area contributed by atoms with E-state index in [1.54, 1.807) is 0 Å². The summed E-state index contributed by atoms with van der Waals surface area (Å²) in [4.78, 5) is 2.48. The monoisotopic (exact) mass is 178 g/mol. The SMILES string of the molecule is C#CCN1CCCC[C@@H]2NCC[C@@H]21. The van der Waals surface area contributed by atoms with Crippen molar-refractivity contribution in [2.45, 2.75) is 37.8 Å². The molecular weight excluding hydrogens is 160 g/mol. The van der Waals surface area contributed by atoms with Crippen LogP contribution >= 0.6 is 0 Å². The van der Waals surface area contributed by atoms with Crippen LogP contribution in [0.3, 0.4) is 0 Å². The van der Waals surface area contributed by atoms with E-state index in [1.807, 2.05) is 0 Å². The minimum absolute atomic E-state index is 0.718. The Morgan fingerprint density at radius 1 is 1.38 bits per heavy atom. The van der Waals surface area contributed by atoms with Crippen LogP contribution in [0, 0.1) is 12.3 Å². The van der Waals surface area contributed by atoms with Gasteiger partial charge < -0.3 is 5.32 Å². The first-order chi connectivity index (χ1) is 6.42. The lowest BCUT2D eigenvalue weighted by Crippen LogP contribution is -2.42. The lowest BCUT2D eigenvalue weighted by atomic mass is 10.1. The van der Waals surface area contributed by atoms with E-state index in [0.29, 0.717) is 0 Å². The Morgan fingerprint density at radius 3 is 3.15 bits per heavy atom. The number of hydrogen-bond donors (Lipinski definition) is 1. The number of fused-ring (bicyclic) bond motifs is 1. The van der Waals surface area contributed by atoms with E-state index in [4.69, 9.17) is 6.42 Å². The molecule has 1 N–H and O–H groups in total. The molecule has 0 aliphatic carbocycles. The van der Waals surface area contributed by atoms with Crippen LogP contribution in [0.2, 0.25) is 0 Å². The Balaban J connectivity index is 2.03. The maximum atomic E-state index is 5.38. The molecule has 2 nitrogen and oxygen atoms in total. The molecule has 13 heavy (non-hydrogen) atoms. The lowest BCUT2D eigenvalue weighted by molar-refractivity contribution is 0.219. The molecule has 2 fully saturated rings. The summed E-state index contributed by atoms with van der Waals surface area (Å²) < 4.78 is 0. The third-order valence-corrected chi connectivity index (χ3v) is 3.28. The number of likely N-dealkylation sites (tertiary alicyclic amines) is 1. The summed E-state index contributed by atoms with van der Waals surface area (Å²) in [5.41, 5.74) is 0. The minimum Gasteiger partial charge on any atom is -0.312 e. The first-order valence-electron chi connectivity index (χ1n) is 5.32. The zero-order valence-electron chi connectivity index (χ0n) is 8.13. The molecule has 2 heteroatoms. The van der Waals surface area contributed by atoms with E-state index in [0.717, 1.165) is 18.6 Å². The Kier molecular flexibility index (Phi) is 2.87. The average Bonchev–Trinajstić information content (AvgIpc) is 2.52. The molecule has 0 unspecified atom stereocenters. The van der Waals surface area contributed by atoms with Crippen LogP contribution in [-0.4, -0.2) is 36.6 Å². The van der Waals surface area contributed by atoms with Crippen LogP contribution in [-0.2, 0) is 0 Å². The summed E-state index contributed by atoms with van der Waals surface area (Å²) in [6, 6.07) is 1.44. The van der Waals surface area contributed by atoms with E-state index in [-0.39, 0.29) is 0 Å². The summed E-state index contributed by atoms with van der Waals surface area (Å²) in [6.45, 7) is 3.21. The highest BCUT2D eigenvalue weighted by Crippen LogP contribution is 2.23. The van der Waals surface area contributed by atoms with Crippen LogP contribution in [0.15, 0.2) is 0 Å². The number of hydrogen-bond acceptors (Lipinski definition) is 2. The van der Waals surface area contributed by atoms with Crippen LogP contribution in [0.4, 0.5) is 0 Å². The predicted molar refractivity (Wildman–Crippen MR) is 54.5 cm³/mol. The topological polar surface area (TPSA) is 15.3 Å². The standard InChI is InChI=1S/C11H18N2/c1-2-8-13-9-4-3-5-10-11(13)6-7-12-10/h1,10-12H,3-9H2/t10-,11-/m0/s1. The molecule has 0 saturated carbocycles. The highest BCUT2D eigenvalue weighted by Gasteiger charge is 2.32. The quantitative estimate of drug-likeness (QED) is 0.598. The van der Waals surface area contributed by atoms with Gasteiger partial charge in [-0.15, -0.1) is 6.42 Å². The summed E-state index contributed by atoms with van der Waals surface area (Å²) in [5, 5.41) is 3.58. The number of terminal acetylenes is 1. The molecule has 2 atom stereocenters. The van der Waals surface area contributed by atoms with Crippen molar-refractivity contribution >= 4 is 0 Å². The van der Waals surface area contributed by atoms with Crippen molar-refractivity contribution in [2.75, 3.05) is 19.6 Å². The molecule has 72 valence electrons. The molecule has 0 aromatic rings. The lowest BCUT2D eigenvalue weighted by Gasteiger charge is -2.28. The van der Waals surface area contributed by atoms with Crippen molar-refractivity contribution < 1.29 is 0 Å². The first kappa shape index (κ1) is 9.05. The van der Waals surface area contributed by atoms with Gasteiger partial charge in [0, 0.05) is 12.1 Å². The second-order valence-corrected chi connectivity index (χ2v) is 4.09. The van der Waals surface area contributed by atoms with E-state index < -0.39 is 0 Å². The summed E-state index contributed by atoms with van der Waals surface area (Å²) in [7, 11) is 0. The second kappa shape index (κ2) is 4.13. The fourth-order valence-electron chi connectivity index (χ4n) is 2.64. The molecular formula is C11H18N2. The second-order valence-electron chi connectivity index (χ2n) is 4.09. The molecule has 2 saturated heterocycles. The van der Waals surface area contributed by atoms with Gasteiger partial charge in [-0.05, 0) is 32.4 Å². The molecule has 2 aliphatic heterocycles. The van der Waals surface area contributed by atoms with Crippen molar-refractivity contribution in [3.05, 3.63) is 0 Å². The maximum Gasteiger partial charge on any atom is 0.0601 e. The third-order valence-electron chi connectivity index (χ3n) is 3.28. The summed E-state index contributed by atoms with van der Waals surface area (Å²) in [5.74, 6) is 2.78. The van der Waals surface area contributed by atoms with Crippen molar-refractivity contribution in [3.63, 3.8) is 0 Å². The van der Waals surface area contributed by atoms with Gasteiger partial charge in [-0.3, -0.25) is 4.90 Å². The molecule has 2 heterocycles. The predicted octanol–water partition coefficient (Wildman–Crippen LogP) is 0.836. The molecule has 0 amide bonds. The van der Waals surface area contributed by atoms with E-state index in [2.05, 4.69) is 16.1 Å². The van der Waals surface area contributed by atoms with Crippen molar-refractivity contribution in [2.24, 2.45) is 0 Å². The summed E-state index contributed by atoms with van der Waals surface area (Å²) in [6.07, 6.45) is 10.7. The fourth-order valence-corrected chi connectivity index (χ4v) is 2.64.